The Morgan fingerprint density at radius 3 is 2.59 bits per heavy atom. The Balaban J connectivity index is 1.67. The van der Waals surface area contributed by atoms with Crippen molar-refractivity contribution in [2.45, 2.75) is 39.5 Å². The summed E-state index contributed by atoms with van der Waals surface area (Å²) in [4.78, 5) is 25.5. The fourth-order valence-corrected chi connectivity index (χ4v) is 3.34. The van der Waals surface area contributed by atoms with Gasteiger partial charge in [0, 0.05) is 49.9 Å². The number of aromatic nitrogens is 2. The molecular weight excluding hydrogens is 343 g/mol. The van der Waals surface area contributed by atoms with Crippen molar-refractivity contribution in [3.05, 3.63) is 41.8 Å². The highest BCUT2D eigenvalue weighted by molar-refractivity contribution is 5.76. The number of benzene rings is 1. The minimum Gasteiger partial charge on any atom is -0.353 e. The van der Waals surface area contributed by atoms with Crippen LogP contribution < -0.4 is 4.90 Å². The Labute approximate surface area is 160 Å². The summed E-state index contributed by atoms with van der Waals surface area (Å²) in [5.74, 6) is 1.32. The fraction of sp³-hybridized carbons (Fsp3) is 0.476. The van der Waals surface area contributed by atoms with Crippen molar-refractivity contribution < 1.29 is 9.18 Å². The predicted octanol–water partition coefficient (Wildman–Crippen LogP) is 3.82. The minimum absolute atomic E-state index is 0.252. The van der Waals surface area contributed by atoms with Gasteiger partial charge in [-0.05, 0) is 25.5 Å². The van der Waals surface area contributed by atoms with Crippen LogP contribution in [0, 0.1) is 12.7 Å². The number of rotatable bonds is 6. The average Bonchev–Trinajstić information content (AvgIpc) is 2.68. The number of hydrogen-bond donors (Lipinski definition) is 0. The molecule has 1 aromatic heterocycles. The van der Waals surface area contributed by atoms with Gasteiger partial charge in [-0.3, -0.25) is 4.79 Å². The molecule has 0 bridgehead atoms. The van der Waals surface area contributed by atoms with Crippen LogP contribution in [0.2, 0.25) is 0 Å². The van der Waals surface area contributed by atoms with E-state index in [1.807, 2.05) is 24.0 Å². The SMILES string of the molecule is CCCCCC(=O)N1CCN(c2cc(C)nc(-c3cccc(F)c3)n2)CC1. The number of piperazine rings is 1. The minimum atomic E-state index is -0.297. The van der Waals surface area contributed by atoms with Gasteiger partial charge in [-0.15, -0.1) is 0 Å². The van der Waals surface area contributed by atoms with Gasteiger partial charge in [0.2, 0.25) is 5.91 Å². The lowest BCUT2D eigenvalue weighted by Gasteiger charge is -2.35. The van der Waals surface area contributed by atoms with E-state index in [2.05, 4.69) is 21.8 Å². The van der Waals surface area contributed by atoms with Crippen LogP contribution in [-0.4, -0.2) is 47.0 Å². The van der Waals surface area contributed by atoms with E-state index < -0.39 is 0 Å². The maximum absolute atomic E-state index is 13.5. The number of anilines is 1. The molecule has 1 saturated heterocycles. The molecule has 0 saturated carbocycles. The molecule has 144 valence electrons. The highest BCUT2D eigenvalue weighted by atomic mass is 19.1. The Hall–Kier alpha value is -2.50. The molecule has 0 radical (unpaired) electrons. The Morgan fingerprint density at radius 1 is 1.11 bits per heavy atom. The molecule has 2 aromatic rings. The van der Waals surface area contributed by atoms with Gasteiger partial charge in [0.1, 0.15) is 11.6 Å². The van der Waals surface area contributed by atoms with Crippen molar-refractivity contribution in [1.29, 1.82) is 0 Å². The molecule has 0 aliphatic carbocycles. The van der Waals surface area contributed by atoms with Gasteiger partial charge >= 0.3 is 0 Å². The summed E-state index contributed by atoms with van der Waals surface area (Å²) >= 11 is 0. The summed E-state index contributed by atoms with van der Waals surface area (Å²) in [6.07, 6.45) is 3.85. The van der Waals surface area contributed by atoms with E-state index in [0.29, 0.717) is 30.9 Å². The second-order valence-electron chi connectivity index (χ2n) is 7.03. The van der Waals surface area contributed by atoms with Crippen molar-refractivity contribution in [3.63, 3.8) is 0 Å². The van der Waals surface area contributed by atoms with Crippen LogP contribution in [0.3, 0.4) is 0 Å². The molecule has 5 nitrogen and oxygen atoms in total. The zero-order valence-electron chi connectivity index (χ0n) is 16.1. The maximum atomic E-state index is 13.5. The zero-order chi connectivity index (χ0) is 19.2. The first-order chi connectivity index (χ1) is 13.1. The summed E-state index contributed by atoms with van der Waals surface area (Å²) in [5, 5.41) is 0. The third kappa shape index (κ3) is 5.02. The largest absolute Gasteiger partial charge is 0.353 e. The van der Waals surface area contributed by atoms with Crippen LogP contribution in [0.15, 0.2) is 30.3 Å². The molecule has 2 heterocycles. The molecule has 0 unspecified atom stereocenters. The summed E-state index contributed by atoms with van der Waals surface area (Å²) in [6.45, 7) is 6.98. The highest BCUT2D eigenvalue weighted by Gasteiger charge is 2.22. The second kappa shape index (κ2) is 8.93. The first kappa shape index (κ1) is 19.3. The maximum Gasteiger partial charge on any atom is 0.222 e. The van der Waals surface area contributed by atoms with Crippen LogP contribution in [0.4, 0.5) is 10.2 Å². The standard InChI is InChI=1S/C21H27FN4O/c1-3-4-5-9-20(27)26-12-10-25(11-13-26)19-14-16(2)23-21(24-19)17-7-6-8-18(22)15-17/h6-8,14-15H,3-5,9-13H2,1-2H3. The monoisotopic (exact) mass is 370 g/mol. The van der Waals surface area contributed by atoms with Gasteiger partial charge in [-0.1, -0.05) is 31.9 Å². The summed E-state index contributed by atoms with van der Waals surface area (Å²) in [6, 6.07) is 8.29. The number of amides is 1. The molecule has 1 aliphatic heterocycles. The molecule has 6 heteroatoms. The van der Waals surface area contributed by atoms with E-state index >= 15 is 0 Å². The van der Waals surface area contributed by atoms with E-state index in [1.165, 1.54) is 12.1 Å². The van der Waals surface area contributed by atoms with Crippen LogP contribution in [0.5, 0.6) is 0 Å². The second-order valence-corrected chi connectivity index (χ2v) is 7.03. The van der Waals surface area contributed by atoms with Crippen LogP contribution in [-0.2, 0) is 4.79 Å². The lowest BCUT2D eigenvalue weighted by atomic mass is 10.2. The quantitative estimate of drug-likeness (QED) is 0.726. The lowest BCUT2D eigenvalue weighted by molar-refractivity contribution is -0.131. The molecule has 1 aromatic carbocycles. The molecular formula is C21H27FN4O. The molecule has 3 rings (SSSR count). The molecule has 27 heavy (non-hydrogen) atoms. The first-order valence-corrected chi connectivity index (χ1v) is 9.71. The van der Waals surface area contributed by atoms with Crippen molar-refractivity contribution in [2.24, 2.45) is 0 Å². The smallest absolute Gasteiger partial charge is 0.222 e. The van der Waals surface area contributed by atoms with Crippen LogP contribution in [0.25, 0.3) is 11.4 Å². The van der Waals surface area contributed by atoms with Crippen molar-refractivity contribution in [3.8, 4) is 11.4 Å². The van der Waals surface area contributed by atoms with Gasteiger partial charge in [0.05, 0.1) is 0 Å². The molecule has 0 spiro atoms. The third-order valence-electron chi connectivity index (χ3n) is 4.87. The Morgan fingerprint density at radius 2 is 1.89 bits per heavy atom. The molecule has 1 fully saturated rings. The number of carbonyl (C=O) groups is 1. The molecule has 1 amide bonds. The van der Waals surface area contributed by atoms with Crippen molar-refractivity contribution in [2.75, 3.05) is 31.1 Å². The van der Waals surface area contributed by atoms with E-state index in [-0.39, 0.29) is 11.7 Å². The summed E-state index contributed by atoms with van der Waals surface area (Å²) in [7, 11) is 0. The normalized spacial score (nSPS) is 14.5. The number of carbonyl (C=O) groups excluding carboxylic acids is 1. The number of hydrogen-bond acceptors (Lipinski definition) is 4. The lowest BCUT2D eigenvalue weighted by Crippen LogP contribution is -2.49. The Kier molecular flexibility index (Phi) is 6.37. The van der Waals surface area contributed by atoms with Crippen LogP contribution >= 0.6 is 0 Å². The number of halogens is 1. The van der Waals surface area contributed by atoms with E-state index in [4.69, 9.17) is 0 Å². The number of aryl methyl sites for hydroxylation is 1. The summed E-state index contributed by atoms with van der Waals surface area (Å²) < 4.78 is 13.5. The number of nitrogens with zero attached hydrogens (tertiary/aromatic N) is 4. The van der Waals surface area contributed by atoms with Crippen molar-refractivity contribution in [1.82, 2.24) is 14.9 Å². The van der Waals surface area contributed by atoms with Crippen molar-refractivity contribution >= 4 is 11.7 Å². The molecule has 1 aliphatic rings. The van der Waals surface area contributed by atoms with Gasteiger partial charge in [0.15, 0.2) is 5.82 Å². The zero-order valence-corrected chi connectivity index (χ0v) is 16.1. The summed E-state index contributed by atoms with van der Waals surface area (Å²) in [5.41, 5.74) is 1.52. The highest BCUT2D eigenvalue weighted by Crippen LogP contribution is 2.22. The number of unbranched alkanes of at least 4 members (excludes halogenated alkanes) is 2. The third-order valence-corrected chi connectivity index (χ3v) is 4.87. The Bertz CT molecular complexity index is 788. The van der Waals surface area contributed by atoms with E-state index in [0.717, 1.165) is 43.9 Å². The first-order valence-electron chi connectivity index (χ1n) is 9.71. The molecule has 0 N–H and O–H groups in total. The molecule has 0 atom stereocenters. The van der Waals surface area contributed by atoms with Gasteiger partial charge in [-0.25, -0.2) is 14.4 Å². The topological polar surface area (TPSA) is 49.3 Å². The fourth-order valence-electron chi connectivity index (χ4n) is 3.34. The van der Waals surface area contributed by atoms with Gasteiger partial charge in [0.25, 0.3) is 0 Å². The van der Waals surface area contributed by atoms with Gasteiger partial charge < -0.3 is 9.80 Å². The van der Waals surface area contributed by atoms with E-state index in [9.17, 15) is 9.18 Å². The van der Waals surface area contributed by atoms with Crippen LogP contribution in [0.1, 0.15) is 38.3 Å². The van der Waals surface area contributed by atoms with E-state index in [1.54, 1.807) is 6.07 Å². The average molecular weight is 370 g/mol. The van der Waals surface area contributed by atoms with Gasteiger partial charge in [-0.2, -0.15) is 0 Å². The predicted molar refractivity (Wildman–Crippen MR) is 105 cm³/mol.